The molecule has 0 N–H and O–H groups in total. The molecule has 6 heteroatoms. The first-order valence-electron chi connectivity index (χ1n) is 12.3. The van der Waals surface area contributed by atoms with Crippen LogP contribution in [0.3, 0.4) is 0 Å². The van der Waals surface area contributed by atoms with Gasteiger partial charge in [0, 0.05) is 33.5 Å². The van der Waals surface area contributed by atoms with Gasteiger partial charge in [-0.2, -0.15) is 0 Å². The van der Waals surface area contributed by atoms with Gasteiger partial charge in [-0.1, -0.05) is 72.8 Å². The standard InChI is InChI=1S/C32H18N4O2/c37-28-23-13-7-12-22-24-18-21(14-15-25(24)36(27(22)23)26-16-17-38-29(26)28)32-34-30(19-8-3-1-4-9-19)33-31(35-32)20-10-5-2-6-11-20/h1-18H. The van der Waals surface area contributed by atoms with Crippen molar-refractivity contribution in [1.82, 2.24) is 19.4 Å². The van der Waals surface area contributed by atoms with Crippen LogP contribution >= 0.6 is 0 Å². The number of hydrogen-bond donors (Lipinski definition) is 0. The third-order valence-electron chi connectivity index (χ3n) is 7.08. The van der Waals surface area contributed by atoms with E-state index in [0.717, 1.165) is 44.0 Å². The van der Waals surface area contributed by atoms with Crippen molar-refractivity contribution in [2.45, 2.75) is 0 Å². The Labute approximate surface area is 215 Å². The Hall–Kier alpha value is -5.36. The fraction of sp³-hybridized carbons (Fsp3) is 0. The van der Waals surface area contributed by atoms with Crippen LogP contribution < -0.4 is 5.43 Å². The largest absolute Gasteiger partial charge is 0.459 e. The Balaban J connectivity index is 1.42. The maximum atomic E-state index is 13.1. The first-order chi connectivity index (χ1) is 18.8. The van der Waals surface area contributed by atoms with Crippen molar-refractivity contribution >= 4 is 38.3 Å². The monoisotopic (exact) mass is 490 g/mol. The topological polar surface area (TPSA) is 73.3 Å². The molecule has 0 unspecified atom stereocenters. The van der Waals surface area contributed by atoms with E-state index in [1.54, 1.807) is 6.26 Å². The molecule has 4 heterocycles. The summed E-state index contributed by atoms with van der Waals surface area (Å²) in [6.07, 6.45) is 1.57. The van der Waals surface area contributed by atoms with Crippen molar-refractivity contribution in [3.05, 3.63) is 120 Å². The van der Waals surface area contributed by atoms with E-state index in [-0.39, 0.29) is 5.43 Å². The summed E-state index contributed by atoms with van der Waals surface area (Å²) in [5.41, 5.74) is 5.64. The second-order valence-electron chi connectivity index (χ2n) is 9.27. The fourth-order valence-corrected chi connectivity index (χ4v) is 5.35. The zero-order valence-corrected chi connectivity index (χ0v) is 20.0. The average molecular weight is 491 g/mol. The molecule has 38 heavy (non-hydrogen) atoms. The van der Waals surface area contributed by atoms with Crippen LogP contribution in [0.15, 0.2) is 119 Å². The van der Waals surface area contributed by atoms with Crippen LogP contribution in [0.5, 0.6) is 0 Å². The van der Waals surface area contributed by atoms with E-state index in [9.17, 15) is 4.79 Å². The second kappa shape index (κ2) is 7.82. The fourth-order valence-electron chi connectivity index (χ4n) is 5.35. The first kappa shape index (κ1) is 20.8. The van der Waals surface area contributed by atoms with E-state index >= 15 is 0 Å². The third-order valence-corrected chi connectivity index (χ3v) is 7.08. The van der Waals surface area contributed by atoms with Crippen LogP contribution in [0.4, 0.5) is 0 Å². The predicted molar refractivity (Wildman–Crippen MR) is 149 cm³/mol. The van der Waals surface area contributed by atoms with Crippen LogP contribution in [0.1, 0.15) is 0 Å². The van der Waals surface area contributed by atoms with Gasteiger partial charge >= 0.3 is 0 Å². The van der Waals surface area contributed by atoms with Gasteiger partial charge in [0.1, 0.15) is 0 Å². The summed E-state index contributed by atoms with van der Waals surface area (Å²) in [4.78, 5) is 27.7. The summed E-state index contributed by atoms with van der Waals surface area (Å²) in [5, 5.41) is 2.66. The number of pyridine rings is 1. The molecule has 0 radical (unpaired) electrons. The highest BCUT2D eigenvalue weighted by Crippen LogP contribution is 2.36. The minimum absolute atomic E-state index is 0.0939. The number of benzene rings is 4. The van der Waals surface area contributed by atoms with Crippen LogP contribution in [-0.4, -0.2) is 19.4 Å². The lowest BCUT2D eigenvalue weighted by Crippen LogP contribution is -2.04. The molecule has 4 aromatic heterocycles. The Morgan fingerprint density at radius 2 is 1.18 bits per heavy atom. The van der Waals surface area contributed by atoms with Gasteiger partial charge in [0.05, 0.1) is 28.2 Å². The molecule has 0 aliphatic heterocycles. The molecule has 0 bridgehead atoms. The van der Waals surface area contributed by atoms with E-state index < -0.39 is 0 Å². The van der Waals surface area contributed by atoms with E-state index in [0.29, 0.717) is 28.4 Å². The number of furan rings is 1. The summed E-state index contributed by atoms with van der Waals surface area (Å²) in [7, 11) is 0. The van der Waals surface area contributed by atoms with Crippen LogP contribution in [0.2, 0.25) is 0 Å². The number of rotatable bonds is 3. The van der Waals surface area contributed by atoms with Gasteiger partial charge in [0.25, 0.3) is 0 Å². The van der Waals surface area contributed by atoms with Crippen molar-refractivity contribution in [1.29, 1.82) is 0 Å². The summed E-state index contributed by atoms with van der Waals surface area (Å²) in [6, 6.07) is 33.7. The van der Waals surface area contributed by atoms with Gasteiger partial charge in [-0.15, -0.1) is 0 Å². The lowest BCUT2D eigenvalue weighted by Gasteiger charge is -2.08. The highest BCUT2D eigenvalue weighted by Gasteiger charge is 2.20. The van der Waals surface area contributed by atoms with Crippen molar-refractivity contribution in [2.75, 3.05) is 0 Å². The van der Waals surface area contributed by atoms with Gasteiger partial charge in [0.2, 0.25) is 5.43 Å². The smallest absolute Gasteiger partial charge is 0.232 e. The molecule has 4 aromatic carbocycles. The van der Waals surface area contributed by atoms with E-state index in [2.05, 4.69) is 22.6 Å². The molecule has 0 spiro atoms. The molecule has 0 saturated heterocycles. The van der Waals surface area contributed by atoms with Gasteiger partial charge in [-0.05, 0) is 24.3 Å². The minimum Gasteiger partial charge on any atom is -0.459 e. The van der Waals surface area contributed by atoms with Crippen LogP contribution in [0.25, 0.3) is 72.5 Å². The number of fused-ring (bicyclic) bond motifs is 5. The van der Waals surface area contributed by atoms with E-state index in [4.69, 9.17) is 19.4 Å². The molecule has 8 rings (SSSR count). The number of aromatic nitrogens is 4. The van der Waals surface area contributed by atoms with Crippen molar-refractivity contribution in [2.24, 2.45) is 0 Å². The number of para-hydroxylation sites is 1. The minimum atomic E-state index is -0.0939. The molecule has 178 valence electrons. The SMILES string of the molecule is O=c1c2cccc3c4cc(-c5nc(-c6ccccc6)nc(-c6ccccc6)n5)ccc4n(c4ccoc14)c23. The highest BCUT2D eigenvalue weighted by molar-refractivity contribution is 6.17. The van der Waals surface area contributed by atoms with Gasteiger partial charge < -0.3 is 8.82 Å². The van der Waals surface area contributed by atoms with Crippen molar-refractivity contribution < 1.29 is 4.42 Å². The van der Waals surface area contributed by atoms with E-state index in [1.165, 1.54) is 0 Å². The normalized spacial score (nSPS) is 11.8. The van der Waals surface area contributed by atoms with Crippen molar-refractivity contribution in [3.8, 4) is 34.2 Å². The number of nitrogens with zero attached hydrogens (tertiary/aromatic N) is 4. The lowest BCUT2D eigenvalue weighted by atomic mass is 10.1. The summed E-state index contributed by atoms with van der Waals surface area (Å²) >= 11 is 0. The molecule has 0 amide bonds. The third kappa shape index (κ3) is 2.94. The van der Waals surface area contributed by atoms with Gasteiger partial charge in [-0.25, -0.2) is 15.0 Å². The molecule has 0 saturated carbocycles. The van der Waals surface area contributed by atoms with Gasteiger partial charge in [-0.3, -0.25) is 4.79 Å². The molecule has 0 atom stereocenters. The molecule has 8 aromatic rings. The first-order valence-corrected chi connectivity index (χ1v) is 12.3. The number of hydrogen-bond acceptors (Lipinski definition) is 5. The van der Waals surface area contributed by atoms with Gasteiger partial charge in [0.15, 0.2) is 23.1 Å². The summed E-state index contributed by atoms with van der Waals surface area (Å²) in [5.74, 6) is 1.82. The molecule has 6 nitrogen and oxygen atoms in total. The molecular formula is C32H18N4O2. The predicted octanol–water partition coefficient (Wildman–Crippen LogP) is 6.98. The Morgan fingerprint density at radius 1 is 0.553 bits per heavy atom. The molecule has 0 aliphatic rings. The Bertz CT molecular complexity index is 2140. The van der Waals surface area contributed by atoms with Crippen LogP contribution in [0, 0.1) is 0 Å². The molecular weight excluding hydrogens is 472 g/mol. The van der Waals surface area contributed by atoms with E-state index in [1.807, 2.05) is 84.9 Å². The maximum Gasteiger partial charge on any atom is 0.232 e. The van der Waals surface area contributed by atoms with Crippen molar-refractivity contribution in [3.63, 3.8) is 0 Å². The average Bonchev–Trinajstić information content (AvgIpc) is 3.60. The van der Waals surface area contributed by atoms with Crippen LogP contribution in [-0.2, 0) is 0 Å². The Morgan fingerprint density at radius 3 is 1.87 bits per heavy atom. The summed E-state index contributed by atoms with van der Waals surface area (Å²) in [6.45, 7) is 0. The lowest BCUT2D eigenvalue weighted by molar-refractivity contribution is 0.613. The maximum absolute atomic E-state index is 13.1. The zero-order chi connectivity index (χ0) is 25.2. The second-order valence-corrected chi connectivity index (χ2v) is 9.27. The Kier molecular flexibility index (Phi) is 4.28. The quantitative estimate of drug-likeness (QED) is 0.267. The molecule has 0 fully saturated rings. The summed E-state index contributed by atoms with van der Waals surface area (Å²) < 4.78 is 7.69. The highest BCUT2D eigenvalue weighted by atomic mass is 16.3. The zero-order valence-electron chi connectivity index (χ0n) is 20.0. The molecule has 0 aliphatic carbocycles.